The summed E-state index contributed by atoms with van der Waals surface area (Å²) in [5.74, 6) is 1.29. The first-order valence-electron chi connectivity index (χ1n) is 11.4. The molecule has 0 fully saturated rings. The summed E-state index contributed by atoms with van der Waals surface area (Å²) in [6.45, 7) is 6.31. The maximum Gasteiger partial charge on any atom is 0.433 e. The molecular formula is C27H23F3N6O. The highest BCUT2D eigenvalue weighted by atomic mass is 19.4. The van der Waals surface area contributed by atoms with Gasteiger partial charge in [0.25, 0.3) is 0 Å². The van der Waals surface area contributed by atoms with E-state index in [-0.39, 0.29) is 6.54 Å². The van der Waals surface area contributed by atoms with E-state index < -0.39 is 11.9 Å². The van der Waals surface area contributed by atoms with Crippen molar-refractivity contribution in [2.75, 3.05) is 0 Å². The molecule has 0 saturated heterocycles. The molecule has 188 valence electrons. The van der Waals surface area contributed by atoms with Gasteiger partial charge in [0.05, 0.1) is 17.3 Å². The zero-order chi connectivity index (χ0) is 26.2. The number of halogens is 3. The molecule has 7 nitrogen and oxygen atoms in total. The number of fused-ring (bicyclic) bond motifs is 1. The van der Waals surface area contributed by atoms with Gasteiger partial charge in [-0.05, 0) is 36.8 Å². The van der Waals surface area contributed by atoms with E-state index in [1.807, 2.05) is 44.4 Å². The van der Waals surface area contributed by atoms with Crippen molar-refractivity contribution in [3.63, 3.8) is 0 Å². The van der Waals surface area contributed by atoms with Crippen LogP contribution in [0.2, 0.25) is 0 Å². The Morgan fingerprint density at radius 3 is 2.65 bits per heavy atom. The lowest BCUT2D eigenvalue weighted by Gasteiger charge is -2.16. The summed E-state index contributed by atoms with van der Waals surface area (Å²) in [4.78, 5) is 11.2. The topological polar surface area (TPSA) is 80.7 Å². The quantitative estimate of drug-likeness (QED) is 0.274. The van der Waals surface area contributed by atoms with Crippen LogP contribution >= 0.6 is 0 Å². The van der Waals surface area contributed by atoms with E-state index in [4.69, 9.17) is 4.74 Å². The smallest absolute Gasteiger partial charge is 0.433 e. The Bertz CT molecular complexity index is 1580. The first-order chi connectivity index (χ1) is 17.7. The first-order valence-corrected chi connectivity index (χ1v) is 11.4. The van der Waals surface area contributed by atoms with Crippen LogP contribution in [0.15, 0.2) is 73.8 Å². The number of ether oxygens (including phenoxy) is 1. The lowest BCUT2D eigenvalue weighted by atomic mass is 10.0. The summed E-state index contributed by atoms with van der Waals surface area (Å²) in [6.07, 6.45) is 2.12. The highest BCUT2D eigenvalue weighted by Gasteiger charge is 2.32. The molecule has 37 heavy (non-hydrogen) atoms. The fourth-order valence-electron chi connectivity index (χ4n) is 3.98. The van der Waals surface area contributed by atoms with E-state index in [2.05, 4.69) is 31.9 Å². The highest BCUT2D eigenvalue weighted by molar-refractivity contribution is 5.88. The Balaban J connectivity index is 1.34. The Morgan fingerprint density at radius 2 is 1.95 bits per heavy atom. The van der Waals surface area contributed by atoms with Crippen LogP contribution in [0.5, 0.6) is 11.5 Å². The predicted octanol–water partition coefficient (Wildman–Crippen LogP) is 6.24. The SMILES string of the molecule is C=C(NCc1ccc(C(F)(F)F)nc1)c1cccc(Oc2ccnc3[nH]c(-c4cnn(C)c4)cc23)c1C. The number of H-pyrrole nitrogens is 1. The fourth-order valence-corrected chi connectivity index (χ4v) is 3.98. The van der Waals surface area contributed by atoms with Crippen LogP contribution in [0.3, 0.4) is 0 Å². The number of alkyl halides is 3. The van der Waals surface area contributed by atoms with Gasteiger partial charge in [0.1, 0.15) is 22.8 Å². The lowest BCUT2D eigenvalue weighted by Crippen LogP contribution is -2.13. The van der Waals surface area contributed by atoms with Gasteiger partial charge in [0.2, 0.25) is 0 Å². The Hall–Kier alpha value is -4.60. The van der Waals surface area contributed by atoms with E-state index in [0.29, 0.717) is 28.4 Å². The largest absolute Gasteiger partial charge is 0.456 e. The molecule has 10 heteroatoms. The molecule has 0 radical (unpaired) electrons. The molecule has 1 aromatic carbocycles. The molecule has 0 aliphatic rings. The molecule has 2 N–H and O–H groups in total. The number of hydrogen-bond donors (Lipinski definition) is 2. The van der Waals surface area contributed by atoms with Gasteiger partial charge in [-0.1, -0.05) is 24.8 Å². The Morgan fingerprint density at radius 1 is 1.11 bits per heavy atom. The average molecular weight is 505 g/mol. The van der Waals surface area contributed by atoms with E-state index in [0.717, 1.165) is 33.8 Å². The van der Waals surface area contributed by atoms with Crippen LogP contribution in [-0.2, 0) is 19.8 Å². The maximum absolute atomic E-state index is 12.7. The van der Waals surface area contributed by atoms with Gasteiger partial charge in [0, 0.05) is 54.6 Å². The third-order valence-electron chi connectivity index (χ3n) is 5.96. The van der Waals surface area contributed by atoms with Crippen molar-refractivity contribution in [2.45, 2.75) is 19.6 Å². The minimum Gasteiger partial charge on any atom is -0.456 e. The molecule has 0 atom stereocenters. The minimum absolute atomic E-state index is 0.278. The minimum atomic E-state index is -4.46. The molecule has 0 spiro atoms. The van der Waals surface area contributed by atoms with E-state index >= 15 is 0 Å². The van der Waals surface area contributed by atoms with Gasteiger partial charge >= 0.3 is 6.18 Å². The standard InChI is InChI=1S/C27H23F3N6O/c1-16-20(17(2)32-12-18-7-8-25(33-13-18)27(28,29)30)5-4-6-23(16)37-24-9-10-31-26-21(24)11-22(35-26)19-14-34-36(3)15-19/h4-11,13-15,32H,2,12H2,1,3H3,(H,31,35). The van der Waals surface area contributed by atoms with E-state index in [9.17, 15) is 13.2 Å². The molecular weight excluding hydrogens is 481 g/mol. The number of hydrogen-bond acceptors (Lipinski definition) is 5. The Labute approximate surface area is 210 Å². The van der Waals surface area contributed by atoms with Crippen LogP contribution in [0.4, 0.5) is 13.2 Å². The van der Waals surface area contributed by atoms with Crippen molar-refractivity contribution < 1.29 is 17.9 Å². The molecule has 0 amide bonds. The molecule has 0 unspecified atom stereocenters. The number of nitrogens with one attached hydrogen (secondary N) is 2. The van der Waals surface area contributed by atoms with E-state index in [1.165, 1.54) is 12.3 Å². The number of aromatic amines is 1. The average Bonchev–Trinajstić information content (AvgIpc) is 3.50. The molecule has 0 saturated carbocycles. The van der Waals surface area contributed by atoms with Crippen molar-refractivity contribution >= 4 is 16.7 Å². The van der Waals surface area contributed by atoms with Crippen molar-refractivity contribution in [2.24, 2.45) is 7.05 Å². The number of aromatic nitrogens is 5. The van der Waals surface area contributed by atoms with Crippen molar-refractivity contribution in [3.05, 3.63) is 96.2 Å². The van der Waals surface area contributed by atoms with Crippen molar-refractivity contribution in [1.29, 1.82) is 0 Å². The number of aryl methyl sites for hydroxylation is 1. The maximum atomic E-state index is 12.7. The van der Waals surface area contributed by atoms with Gasteiger partial charge < -0.3 is 15.0 Å². The molecule has 4 heterocycles. The van der Waals surface area contributed by atoms with Gasteiger partial charge in [-0.15, -0.1) is 0 Å². The van der Waals surface area contributed by atoms with Gasteiger partial charge in [0.15, 0.2) is 0 Å². The third-order valence-corrected chi connectivity index (χ3v) is 5.96. The second-order valence-electron chi connectivity index (χ2n) is 8.57. The number of benzene rings is 1. The zero-order valence-electron chi connectivity index (χ0n) is 20.1. The third kappa shape index (κ3) is 5.04. The predicted molar refractivity (Wildman–Crippen MR) is 135 cm³/mol. The number of nitrogens with zero attached hydrogens (tertiary/aromatic N) is 4. The van der Waals surface area contributed by atoms with Crippen LogP contribution < -0.4 is 10.1 Å². The van der Waals surface area contributed by atoms with Gasteiger partial charge in [-0.2, -0.15) is 18.3 Å². The van der Waals surface area contributed by atoms with Gasteiger partial charge in [-0.3, -0.25) is 9.67 Å². The summed E-state index contributed by atoms with van der Waals surface area (Å²) >= 11 is 0. The van der Waals surface area contributed by atoms with E-state index in [1.54, 1.807) is 23.1 Å². The molecule has 5 rings (SSSR count). The van der Waals surface area contributed by atoms with Crippen LogP contribution in [0.1, 0.15) is 22.4 Å². The zero-order valence-corrected chi connectivity index (χ0v) is 20.1. The summed E-state index contributed by atoms with van der Waals surface area (Å²) < 4.78 is 46.3. The van der Waals surface area contributed by atoms with Crippen LogP contribution in [0, 0.1) is 6.92 Å². The second kappa shape index (κ2) is 9.45. The van der Waals surface area contributed by atoms with Crippen LogP contribution in [0.25, 0.3) is 28.0 Å². The second-order valence-corrected chi connectivity index (χ2v) is 8.57. The van der Waals surface area contributed by atoms with Crippen LogP contribution in [-0.4, -0.2) is 24.7 Å². The molecule has 4 aromatic heterocycles. The molecule has 5 aromatic rings. The number of pyridine rings is 2. The molecule has 0 aliphatic carbocycles. The van der Waals surface area contributed by atoms with Gasteiger partial charge in [-0.25, -0.2) is 4.98 Å². The lowest BCUT2D eigenvalue weighted by molar-refractivity contribution is -0.141. The number of rotatable bonds is 7. The highest BCUT2D eigenvalue weighted by Crippen LogP contribution is 2.35. The monoisotopic (exact) mass is 504 g/mol. The summed E-state index contributed by atoms with van der Waals surface area (Å²) in [6, 6.07) is 11.8. The Kier molecular flexibility index (Phi) is 6.16. The normalized spacial score (nSPS) is 11.6. The van der Waals surface area contributed by atoms with Crippen molar-refractivity contribution in [3.8, 4) is 22.8 Å². The summed E-state index contributed by atoms with van der Waals surface area (Å²) in [5.41, 5.74) is 4.50. The summed E-state index contributed by atoms with van der Waals surface area (Å²) in [5, 5.41) is 8.22. The van der Waals surface area contributed by atoms with Crippen molar-refractivity contribution in [1.82, 2.24) is 30.0 Å². The fraction of sp³-hybridized carbons (Fsp3) is 0.148. The molecule has 0 aliphatic heterocycles. The first kappa shape index (κ1) is 24.1. The molecule has 0 bridgehead atoms. The summed E-state index contributed by atoms with van der Waals surface area (Å²) in [7, 11) is 1.86.